The number of hydrogen-bond donors (Lipinski definition) is 0. The van der Waals surface area contributed by atoms with E-state index in [0.29, 0.717) is 37.7 Å². The number of methoxy groups -OCH3 is 1. The summed E-state index contributed by atoms with van der Waals surface area (Å²) >= 11 is 7.67. The Balaban J connectivity index is 1.86. The average molecular weight is 421 g/mol. The molecule has 1 saturated heterocycles. The molecule has 0 N–H and O–H groups in total. The minimum Gasteiger partial charge on any atom is -0.493 e. The van der Waals surface area contributed by atoms with E-state index >= 15 is 0 Å². The number of aliphatic imine (C=N–C) groups is 1. The summed E-state index contributed by atoms with van der Waals surface area (Å²) in [5.74, 6) is 0.310. The molecular weight excluding hydrogens is 403 g/mol. The van der Waals surface area contributed by atoms with Crippen LogP contribution in [0, 0.1) is 5.82 Å². The van der Waals surface area contributed by atoms with Gasteiger partial charge in [0.1, 0.15) is 12.4 Å². The normalized spacial score (nSPS) is 16.9. The number of likely N-dealkylation sites (N-methyl/N-ethyl adjacent to an activating group) is 1. The first-order valence-corrected chi connectivity index (χ1v) is 9.51. The Morgan fingerprint density at radius 3 is 2.75 bits per heavy atom. The van der Waals surface area contributed by atoms with Gasteiger partial charge < -0.3 is 9.47 Å². The highest BCUT2D eigenvalue weighted by atomic mass is 35.5. The Morgan fingerprint density at radius 2 is 2.11 bits per heavy atom. The fourth-order valence-electron chi connectivity index (χ4n) is 2.65. The monoisotopic (exact) mass is 420 g/mol. The minimum absolute atomic E-state index is 0.132. The van der Waals surface area contributed by atoms with Crippen molar-refractivity contribution < 1.29 is 18.7 Å². The van der Waals surface area contributed by atoms with E-state index < -0.39 is 0 Å². The highest BCUT2D eigenvalue weighted by molar-refractivity contribution is 8.18. The number of amidine groups is 1. The van der Waals surface area contributed by atoms with Gasteiger partial charge in [-0.2, -0.15) is 0 Å². The van der Waals surface area contributed by atoms with Gasteiger partial charge in [-0.3, -0.25) is 14.7 Å². The molecule has 2 aromatic rings. The van der Waals surface area contributed by atoms with Crippen LogP contribution in [0.15, 0.2) is 46.3 Å². The molecule has 146 valence electrons. The summed E-state index contributed by atoms with van der Waals surface area (Å²) in [6.45, 7) is 0.143. The van der Waals surface area contributed by atoms with Crippen molar-refractivity contribution in [1.82, 2.24) is 4.90 Å². The van der Waals surface area contributed by atoms with Crippen molar-refractivity contribution in [3.8, 4) is 11.5 Å². The lowest BCUT2D eigenvalue weighted by Gasteiger charge is -2.13. The zero-order valence-electron chi connectivity index (χ0n) is 15.5. The van der Waals surface area contributed by atoms with Gasteiger partial charge in [0.25, 0.3) is 5.91 Å². The number of benzene rings is 2. The largest absolute Gasteiger partial charge is 0.493 e. The third-order valence-electron chi connectivity index (χ3n) is 4.02. The van der Waals surface area contributed by atoms with E-state index in [2.05, 4.69) is 4.99 Å². The third-order valence-corrected chi connectivity index (χ3v) is 5.45. The Labute approximate surface area is 171 Å². The Morgan fingerprint density at radius 1 is 1.32 bits per heavy atom. The van der Waals surface area contributed by atoms with E-state index in [4.69, 9.17) is 21.1 Å². The second kappa shape index (κ2) is 8.67. The van der Waals surface area contributed by atoms with E-state index in [1.807, 2.05) is 0 Å². The predicted octanol–water partition coefficient (Wildman–Crippen LogP) is 4.60. The van der Waals surface area contributed by atoms with Crippen LogP contribution in [-0.4, -0.2) is 37.2 Å². The quantitative estimate of drug-likeness (QED) is 0.663. The summed E-state index contributed by atoms with van der Waals surface area (Å²) in [6, 6.07) is 9.55. The molecule has 1 fully saturated rings. The molecule has 8 heteroatoms. The van der Waals surface area contributed by atoms with Crippen LogP contribution < -0.4 is 9.47 Å². The van der Waals surface area contributed by atoms with E-state index in [9.17, 15) is 9.18 Å². The standard InChI is InChI=1S/C20H18ClFN2O3S/c1-23-20-24(2)19(25)17(28-20)10-13-8-15(21)18(16(9-13)26-3)27-11-12-5-4-6-14(22)7-12/h4-10H,11H2,1-3H3/b17-10+,23-20?. The van der Waals surface area contributed by atoms with Gasteiger partial charge in [-0.25, -0.2) is 4.39 Å². The van der Waals surface area contributed by atoms with Crippen molar-refractivity contribution in [2.75, 3.05) is 21.2 Å². The molecule has 5 nitrogen and oxygen atoms in total. The Kier molecular flexibility index (Phi) is 6.26. The number of rotatable bonds is 5. The number of amides is 1. The zero-order chi connectivity index (χ0) is 20.3. The highest BCUT2D eigenvalue weighted by Gasteiger charge is 2.29. The van der Waals surface area contributed by atoms with Gasteiger partial charge in [-0.05, 0) is 53.2 Å². The van der Waals surface area contributed by atoms with Crippen molar-refractivity contribution in [2.45, 2.75) is 6.61 Å². The summed E-state index contributed by atoms with van der Waals surface area (Å²) in [5.41, 5.74) is 1.37. The minimum atomic E-state index is -0.333. The predicted molar refractivity (Wildman–Crippen MR) is 110 cm³/mol. The molecule has 1 aliphatic heterocycles. The number of nitrogens with zero attached hydrogens (tertiary/aromatic N) is 2. The number of carbonyl (C=O) groups excluding carboxylic acids is 1. The van der Waals surface area contributed by atoms with E-state index in [1.54, 1.807) is 44.4 Å². The van der Waals surface area contributed by atoms with Gasteiger partial charge >= 0.3 is 0 Å². The van der Waals surface area contributed by atoms with Crippen molar-refractivity contribution in [1.29, 1.82) is 0 Å². The molecule has 0 aromatic heterocycles. The first-order chi connectivity index (χ1) is 13.4. The summed E-state index contributed by atoms with van der Waals surface area (Å²) in [4.78, 5) is 18.4. The number of halogens is 2. The maximum Gasteiger partial charge on any atom is 0.266 e. The lowest BCUT2D eigenvalue weighted by Crippen LogP contribution is -2.23. The Bertz CT molecular complexity index is 978. The molecule has 2 aromatic carbocycles. The SMILES string of the molecule is CN=C1S/C(=C/c2cc(Cl)c(OCc3cccc(F)c3)c(OC)c2)C(=O)N1C. The number of hydrogen-bond acceptors (Lipinski definition) is 5. The van der Waals surface area contributed by atoms with Crippen LogP contribution in [0.1, 0.15) is 11.1 Å². The average Bonchev–Trinajstić information content (AvgIpc) is 2.94. The maximum atomic E-state index is 13.3. The lowest BCUT2D eigenvalue weighted by atomic mass is 10.1. The molecule has 0 unspecified atom stereocenters. The van der Waals surface area contributed by atoms with Crippen molar-refractivity contribution in [3.05, 3.63) is 63.3 Å². The highest BCUT2D eigenvalue weighted by Crippen LogP contribution is 2.39. The van der Waals surface area contributed by atoms with Gasteiger partial charge in [-0.1, -0.05) is 23.7 Å². The first-order valence-electron chi connectivity index (χ1n) is 8.32. The topological polar surface area (TPSA) is 51.1 Å². The van der Waals surface area contributed by atoms with E-state index in [-0.39, 0.29) is 18.3 Å². The first kappa shape index (κ1) is 20.2. The number of ether oxygens (including phenoxy) is 2. The molecule has 0 spiro atoms. The van der Waals surface area contributed by atoms with Gasteiger partial charge in [0, 0.05) is 14.1 Å². The van der Waals surface area contributed by atoms with Gasteiger partial charge in [0.2, 0.25) is 0 Å². The summed E-state index contributed by atoms with van der Waals surface area (Å²) in [5, 5.41) is 0.958. The number of thioether (sulfide) groups is 1. The van der Waals surface area contributed by atoms with Crippen LogP contribution in [-0.2, 0) is 11.4 Å². The molecule has 0 saturated carbocycles. The molecule has 0 aliphatic carbocycles. The molecule has 0 bridgehead atoms. The summed E-state index contributed by atoms with van der Waals surface area (Å²) in [6.07, 6.45) is 1.73. The molecule has 1 heterocycles. The van der Waals surface area contributed by atoms with Gasteiger partial charge in [0.15, 0.2) is 16.7 Å². The van der Waals surface area contributed by atoms with E-state index in [0.717, 1.165) is 0 Å². The van der Waals surface area contributed by atoms with Crippen LogP contribution in [0.25, 0.3) is 6.08 Å². The molecule has 28 heavy (non-hydrogen) atoms. The van der Waals surface area contributed by atoms with Crippen LogP contribution in [0.3, 0.4) is 0 Å². The van der Waals surface area contributed by atoms with E-state index in [1.165, 1.54) is 35.9 Å². The van der Waals surface area contributed by atoms with Crippen LogP contribution in [0.4, 0.5) is 4.39 Å². The molecule has 0 atom stereocenters. The molecule has 3 rings (SSSR count). The van der Waals surface area contributed by atoms with Crippen molar-refractivity contribution in [2.24, 2.45) is 4.99 Å². The van der Waals surface area contributed by atoms with Crippen LogP contribution in [0.2, 0.25) is 5.02 Å². The van der Waals surface area contributed by atoms with Crippen molar-refractivity contribution >= 4 is 40.5 Å². The van der Waals surface area contributed by atoms with Crippen LogP contribution in [0.5, 0.6) is 11.5 Å². The molecule has 0 radical (unpaired) electrons. The van der Waals surface area contributed by atoms with Gasteiger partial charge in [-0.15, -0.1) is 0 Å². The lowest BCUT2D eigenvalue weighted by molar-refractivity contribution is -0.121. The second-order valence-electron chi connectivity index (χ2n) is 5.93. The molecule has 1 aliphatic rings. The second-order valence-corrected chi connectivity index (χ2v) is 7.35. The third kappa shape index (κ3) is 4.31. The fourth-order valence-corrected chi connectivity index (χ4v) is 3.85. The molecule has 1 amide bonds. The molecular formula is C20H18ClFN2O3S. The van der Waals surface area contributed by atoms with Crippen LogP contribution >= 0.6 is 23.4 Å². The zero-order valence-corrected chi connectivity index (χ0v) is 17.1. The number of carbonyl (C=O) groups is 1. The fraction of sp³-hybridized carbons (Fsp3) is 0.200. The summed E-state index contributed by atoms with van der Waals surface area (Å²) in [7, 11) is 4.82. The maximum absolute atomic E-state index is 13.3. The van der Waals surface area contributed by atoms with Crippen molar-refractivity contribution in [3.63, 3.8) is 0 Å². The Hall–Kier alpha value is -2.51. The summed E-state index contributed by atoms with van der Waals surface area (Å²) < 4.78 is 24.5. The van der Waals surface area contributed by atoms with Gasteiger partial charge in [0.05, 0.1) is 17.0 Å². The smallest absolute Gasteiger partial charge is 0.266 e.